The Bertz CT molecular complexity index is 3290. The Morgan fingerprint density at radius 3 is 1.42 bits per heavy atom. The molecule has 0 saturated carbocycles. The van der Waals surface area contributed by atoms with E-state index < -0.39 is 0 Å². The monoisotopic (exact) mass is 749 g/mol. The van der Waals surface area contributed by atoms with Crippen molar-refractivity contribution in [1.29, 1.82) is 0 Å². The predicted octanol–water partition coefficient (Wildman–Crippen LogP) is 16.4. The summed E-state index contributed by atoms with van der Waals surface area (Å²) in [6.45, 7) is 0. The Morgan fingerprint density at radius 2 is 0.678 bits per heavy atom. The maximum atomic E-state index is 2.40. The van der Waals surface area contributed by atoms with Crippen LogP contribution in [0.4, 0.5) is 17.1 Å². The molecule has 0 amide bonds. The van der Waals surface area contributed by atoms with Gasteiger partial charge in [-0.2, -0.15) is 0 Å². The summed E-state index contributed by atoms with van der Waals surface area (Å²) in [5, 5.41) is 10.1. The van der Waals surface area contributed by atoms with Crippen LogP contribution < -0.4 is 4.90 Å². The van der Waals surface area contributed by atoms with Crippen LogP contribution in [0.5, 0.6) is 0 Å². The smallest absolute Gasteiger partial charge is 0.0540 e. The van der Waals surface area contributed by atoms with E-state index in [1.165, 1.54) is 87.6 Å². The Labute approximate surface area is 344 Å². The number of nitrogens with zero attached hydrogens (tertiary/aromatic N) is 1. The first-order valence-electron chi connectivity index (χ1n) is 20.3. The third-order valence-corrected chi connectivity index (χ3v) is 11.9. The van der Waals surface area contributed by atoms with Gasteiger partial charge in [-0.25, -0.2) is 0 Å². The van der Waals surface area contributed by atoms with Gasteiger partial charge in [0.2, 0.25) is 0 Å². The van der Waals surface area contributed by atoms with Crippen LogP contribution in [0.3, 0.4) is 0 Å². The molecule has 1 heteroatoms. The topological polar surface area (TPSA) is 3.24 Å². The molecule has 11 aromatic rings. The molecule has 0 fully saturated rings. The van der Waals surface area contributed by atoms with Crippen LogP contribution in [0.2, 0.25) is 0 Å². The normalized spacial score (nSPS) is 11.4. The second kappa shape index (κ2) is 14.6. The van der Waals surface area contributed by atoms with E-state index in [4.69, 9.17) is 0 Å². The highest BCUT2D eigenvalue weighted by Crippen LogP contribution is 2.43. The van der Waals surface area contributed by atoms with Gasteiger partial charge in [0.25, 0.3) is 0 Å². The first kappa shape index (κ1) is 34.5. The van der Waals surface area contributed by atoms with Crippen LogP contribution in [0.1, 0.15) is 0 Å². The van der Waals surface area contributed by atoms with Crippen molar-refractivity contribution in [2.45, 2.75) is 0 Å². The molecule has 276 valence electrons. The van der Waals surface area contributed by atoms with Gasteiger partial charge < -0.3 is 4.90 Å². The molecule has 0 aromatic heterocycles. The van der Waals surface area contributed by atoms with E-state index in [0.717, 1.165) is 17.1 Å². The number of rotatable bonds is 7. The Hall–Kier alpha value is -7.74. The fraction of sp³-hybridized carbons (Fsp3) is 0. The Balaban J connectivity index is 0.995. The molecule has 11 aromatic carbocycles. The molecule has 1 nitrogen and oxygen atoms in total. The fourth-order valence-corrected chi connectivity index (χ4v) is 8.99. The van der Waals surface area contributed by atoms with Crippen molar-refractivity contribution >= 4 is 60.2 Å². The van der Waals surface area contributed by atoms with Crippen LogP contribution in [-0.2, 0) is 0 Å². The molecular weight excluding hydrogens is 711 g/mol. The summed E-state index contributed by atoms with van der Waals surface area (Å²) >= 11 is 0. The molecule has 59 heavy (non-hydrogen) atoms. The van der Waals surface area contributed by atoms with Gasteiger partial charge in [-0.1, -0.05) is 200 Å². The maximum Gasteiger partial charge on any atom is 0.0540 e. The molecule has 0 aliphatic rings. The van der Waals surface area contributed by atoms with Gasteiger partial charge in [-0.3, -0.25) is 0 Å². The van der Waals surface area contributed by atoms with E-state index in [-0.39, 0.29) is 0 Å². The van der Waals surface area contributed by atoms with Crippen molar-refractivity contribution in [3.8, 4) is 44.5 Å². The molecule has 0 aliphatic carbocycles. The second-order valence-corrected chi connectivity index (χ2v) is 15.3. The van der Waals surface area contributed by atoms with Gasteiger partial charge in [0.1, 0.15) is 0 Å². The maximum absolute atomic E-state index is 2.40. The SMILES string of the molecule is c1ccc(-c2ccc(N(c3ccc(-c4cccc(-c5cccc6c5ccc5c7ccccc7ccc65)c4)cc3)c3ccc(-c4ccccc4)c4ccccc34)cc2)cc1. The highest BCUT2D eigenvalue weighted by Gasteiger charge is 2.18. The summed E-state index contributed by atoms with van der Waals surface area (Å²) in [4.78, 5) is 2.40. The summed E-state index contributed by atoms with van der Waals surface area (Å²) < 4.78 is 0. The number of hydrogen-bond donors (Lipinski definition) is 0. The minimum Gasteiger partial charge on any atom is -0.310 e. The summed E-state index contributed by atoms with van der Waals surface area (Å²) in [5.41, 5.74) is 13.0. The van der Waals surface area contributed by atoms with Crippen LogP contribution >= 0.6 is 0 Å². The molecule has 0 unspecified atom stereocenters. The van der Waals surface area contributed by atoms with Crippen molar-refractivity contribution in [2.24, 2.45) is 0 Å². The van der Waals surface area contributed by atoms with Gasteiger partial charge in [-0.05, 0) is 119 Å². The van der Waals surface area contributed by atoms with E-state index in [1.54, 1.807) is 0 Å². The van der Waals surface area contributed by atoms with Crippen molar-refractivity contribution in [3.63, 3.8) is 0 Å². The molecule has 0 heterocycles. The van der Waals surface area contributed by atoms with Gasteiger partial charge in [0.15, 0.2) is 0 Å². The first-order valence-corrected chi connectivity index (χ1v) is 20.3. The number of benzene rings is 11. The Kier molecular flexibility index (Phi) is 8.56. The average molecular weight is 750 g/mol. The van der Waals surface area contributed by atoms with Gasteiger partial charge >= 0.3 is 0 Å². The van der Waals surface area contributed by atoms with Gasteiger partial charge in [0, 0.05) is 16.8 Å². The van der Waals surface area contributed by atoms with Crippen LogP contribution in [-0.4, -0.2) is 0 Å². The molecule has 0 spiro atoms. The van der Waals surface area contributed by atoms with Crippen molar-refractivity contribution in [3.05, 3.63) is 237 Å². The van der Waals surface area contributed by atoms with Gasteiger partial charge in [0.05, 0.1) is 5.69 Å². The molecule has 0 atom stereocenters. The van der Waals surface area contributed by atoms with Crippen molar-refractivity contribution in [1.82, 2.24) is 0 Å². The standard InChI is InChI=1S/C58H39N/c1-3-13-40(14-4-1)41-25-30-47(31-26-41)59(58-38-37-51(43-15-5-2-6-16-43)52-21-9-10-22-57(52)58)48-32-27-42(28-33-48)45-18-11-19-46(39-45)50-23-12-24-53-55(50)36-35-54-49-20-8-7-17-44(49)29-34-56(53)54/h1-39H. The van der Waals surface area contributed by atoms with E-state index in [2.05, 4.69) is 241 Å². The summed E-state index contributed by atoms with van der Waals surface area (Å²) in [6, 6.07) is 86.1. The average Bonchev–Trinajstić information content (AvgIpc) is 3.32. The first-order chi connectivity index (χ1) is 29.3. The lowest BCUT2D eigenvalue weighted by Gasteiger charge is -2.28. The largest absolute Gasteiger partial charge is 0.310 e. The zero-order chi connectivity index (χ0) is 39.1. The molecule has 11 rings (SSSR count). The van der Waals surface area contributed by atoms with E-state index >= 15 is 0 Å². The van der Waals surface area contributed by atoms with Crippen molar-refractivity contribution < 1.29 is 0 Å². The lowest BCUT2D eigenvalue weighted by Crippen LogP contribution is -2.10. The third kappa shape index (κ3) is 6.21. The third-order valence-electron chi connectivity index (χ3n) is 11.9. The lowest BCUT2D eigenvalue weighted by atomic mass is 9.91. The van der Waals surface area contributed by atoms with Crippen LogP contribution in [0, 0.1) is 0 Å². The minimum atomic E-state index is 1.10. The lowest BCUT2D eigenvalue weighted by molar-refractivity contribution is 1.30. The zero-order valence-corrected chi connectivity index (χ0v) is 32.5. The zero-order valence-electron chi connectivity index (χ0n) is 32.5. The molecule has 0 bridgehead atoms. The molecule has 0 N–H and O–H groups in total. The van der Waals surface area contributed by atoms with E-state index in [1.807, 2.05) is 0 Å². The van der Waals surface area contributed by atoms with Crippen LogP contribution in [0.15, 0.2) is 237 Å². The highest BCUT2D eigenvalue weighted by molar-refractivity contribution is 6.19. The molecule has 0 saturated heterocycles. The Morgan fingerprint density at radius 1 is 0.220 bits per heavy atom. The number of fused-ring (bicyclic) bond motifs is 6. The summed E-state index contributed by atoms with van der Waals surface area (Å²) in [5.74, 6) is 0. The molecular formula is C58H39N. The van der Waals surface area contributed by atoms with E-state index in [0.29, 0.717) is 0 Å². The summed E-state index contributed by atoms with van der Waals surface area (Å²) in [6.07, 6.45) is 0. The minimum absolute atomic E-state index is 1.10. The summed E-state index contributed by atoms with van der Waals surface area (Å²) in [7, 11) is 0. The highest BCUT2D eigenvalue weighted by atomic mass is 15.1. The number of hydrogen-bond acceptors (Lipinski definition) is 1. The van der Waals surface area contributed by atoms with Gasteiger partial charge in [-0.15, -0.1) is 0 Å². The van der Waals surface area contributed by atoms with E-state index in [9.17, 15) is 0 Å². The fourth-order valence-electron chi connectivity index (χ4n) is 8.99. The predicted molar refractivity (Wildman–Crippen MR) is 253 cm³/mol. The van der Waals surface area contributed by atoms with Crippen molar-refractivity contribution in [2.75, 3.05) is 4.90 Å². The molecule has 0 radical (unpaired) electrons. The quantitative estimate of drug-likeness (QED) is 0.147. The number of anilines is 3. The molecule has 0 aliphatic heterocycles. The van der Waals surface area contributed by atoms with Crippen LogP contribution in [0.25, 0.3) is 87.6 Å². The second-order valence-electron chi connectivity index (χ2n) is 15.3.